The molecular formula is C10H18N2O2S. The summed E-state index contributed by atoms with van der Waals surface area (Å²) < 4.78 is 25.2. The third-order valence-electron chi connectivity index (χ3n) is 2.04. The number of hydrogen-bond acceptors (Lipinski definition) is 3. The van der Waals surface area contributed by atoms with Crippen LogP contribution in [0.1, 0.15) is 26.7 Å². The first kappa shape index (κ1) is 14.1. The highest BCUT2D eigenvalue weighted by atomic mass is 32.2. The zero-order chi connectivity index (χ0) is 11.9. The minimum atomic E-state index is -3.49. The average Bonchev–Trinajstić information content (AvgIpc) is 2.19. The highest BCUT2D eigenvalue weighted by Gasteiger charge is 2.29. The Kier molecular flexibility index (Phi) is 6.21. The maximum absolute atomic E-state index is 11.9. The molecule has 0 rings (SSSR count). The summed E-state index contributed by atoms with van der Waals surface area (Å²) >= 11 is 0. The lowest BCUT2D eigenvalue weighted by Gasteiger charge is -2.22. The smallest absolute Gasteiger partial charge is 0.211 e. The molecule has 0 aromatic heterocycles. The minimum Gasteiger partial charge on any atom is -0.211 e. The van der Waals surface area contributed by atoms with Gasteiger partial charge >= 0.3 is 0 Å². The summed E-state index contributed by atoms with van der Waals surface area (Å²) in [6.07, 6.45) is 2.59. The SMILES string of the molecule is C=CCN(CCC)S(=O)(=O)C(C#N)CC. The van der Waals surface area contributed by atoms with E-state index in [2.05, 4.69) is 6.58 Å². The Morgan fingerprint density at radius 2 is 2.13 bits per heavy atom. The maximum atomic E-state index is 11.9. The van der Waals surface area contributed by atoms with Gasteiger partial charge in [0.05, 0.1) is 6.07 Å². The van der Waals surface area contributed by atoms with E-state index in [1.54, 1.807) is 6.92 Å². The van der Waals surface area contributed by atoms with Gasteiger partial charge in [-0.3, -0.25) is 0 Å². The van der Waals surface area contributed by atoms with Crippen LogP contribution in [0.2, 0.25) is 0 Å². The molecule has 4 nitrogen and oxygen atoms in total. The van der Waals surface area contributed by atoms with Gasteiger partial charge in [0.1, 0.15) is 0 Å². The maximum Gasteiger partial charge on any atom is 0.230 e. The molecule has 0 aliphatic heterocycles. The van der Waals surface area contributed by atoms with Crippen molar-refractivity contribution < 1.29 is 8.42 Å². The van der Waals surface area contributed by atoms with Crippen LogP contribution in [0.3, 0.4) is 0 Å². The summed E-state index contributed by atoms with van der Waals surface area (Å²) in [5, 5.41) is 7.82. The largest absolute Gasteiger partial charge is 0.230 e. The van der Waals surface area contributed by atoms with Crippen LogP contribution in [-0.2, 0) is 10.0 Å². The van der Waals surface area contributed by atoms with Crippen molar-refractivity contribution in [3.05, 3.63) is 12.7 Å². The summed E-state index contributed by atoms with van der Waals surface area (Å²) in [5.74, 6) is 0. The number of rotatable bonds is 7. The van der Waals surface area contributed by atoms with Crippen LogP contribution >= 0.6 is 0 Å². The van der Waals surface area contributed by atoms with Crippen LogP contribution in [0.25, 0.3) is 0 Å². The molecule has 0 bridgehead atoms. The number of nitriles is 1. The van der Waals surface area contributed by atoms with Crippen molar-refractivity contribution in [3.8, 4) is 6.07 Å². The Balaban J connectivity index is 4.93. The van der Waals surface area contributed by atoms with Gasteiger partial charge < -0.3 is 0 Å². The van der Waals surface area contributed by atoms with Gasteiger partial charge in [0, 0.05) is 13.1 Å². The van der Waals surface area contributed by atoms with Crippen LogP contribution in [0, 0.1) is 11.3 Å². The molecule has 15 heavy (non-hydrogen) atoms. The molecule has 0 heterocycles. The molecule has 0 saturated heterocycles. The molecule has 5 heteroatoms. The van der Waals surface area contributed by atoms with E-state index in [0.717, 1.165) is 6.42 Å². The summed E-state index contributed by atoms with van der Waals surface area (Å²) in [7, 11) is -3.49. The molecular weight excluding hydrogens is 212 g/mol. The Labute approximate surface area is 92.2 Å². The second-order valence-corrected chi connectivity index (χ2v) is 5.33. The molecule has 0 fully saturated rings. The third kappa shape index (κ3) is 3.65. The van der Waals surface area contributed by atoms with Gasteiger partial charge in [0.2, 0.25) is 10.0 Å². The van der Waals surface area contributed by atoms with E-state index in [0.29, 0.717) is 13.0 Å². The molecule has 1 unspecified atom stereocenters. The van der Waals surface area contributed by atoms with Crippen LogP contribution < -0.4 is 0 Å². The van der Waals surface area contributed by atoms with Gasteiger partial charge in [0.15, 0.2) is 5.25 Å². The molecule has 0 amide bonds. The van der Waals surface area contributed by atoms with Gasteiger partial charge in [-0.2, -0.15) is 9.57 Å². The van der Waals surface area contributed by atoms with Gasteiger partial charge in [-0.1, -0.05) is 19.9 Å². The van der Waals surface area contributed by atoms with E-state index < -0.39 is 15.3 Å². The topological polar surface area (TPSA) is 61.2 Å². The van der Waals surface area contributed by atoms with E-state index in [4.69, 9.17) is 5.26 Å². The molecule has 0 aromatic carbocycles. The molecule has 1 atom stereocenters. The minimum absolute atomic E-state index is 0.272. The fourth-order valence-corrected chi connectivity index (χ4v) is 2.93. The standard InChI is InChI=1S/C10H18N2O2S/c1-4-7-12(8-5-2)15(13,14)10(6-3)9-11/h4,10H,1,5-8H2,2-3H3. The summed E-state index contributed by atoms with van der Waals surface area (Å²) in [6.45, 7) is 7.83. The summed E-state index contributed by atoms with van der Waals surface area (Å²) in [5.41, 5.74) is 0. The van der Waals surface area contributed by atoms with Crippen molar-refractivity contribution in [2.45, 2.75) is 31.9 Å². The fraction of sp³-hybridized carbons (Fsp3) is 0.700. The average molecular weight is 230 g/mol. The van der Waals surface area contributed by atoms with Gasteiger partial charge in [-0.15, -0.1) is 6.58 Å². The van der Waals surface area contributed by atoms with E-state index in [-0.39, 0.29) is 6.54 Å². The first-order chi connectivity index (χ1) is 7.04. The van der Waals surface area contributed by atoms with E-state index in [1.165, 1.54) is 10.4 Å². The van der Waals surface area contributed by atoms with Crippen LogP contribution in [0.5, 0.6) is 0 Å². The number of hydrogen-bond donors (Lipinski definition) is 0. The molecule has 86 valence electrons. The zero-order valence-corrected chi connectivity index (χ0v) is 10.1. The molecule has 0 saturated carbocycles. The number of sulfonamides is 1. The normalized spacial score (nSPS) is 13.5. The first-order valence-electron chi connectivity index (χ1n) is 5.04. The van der Waals surface area contributed by atoms with Crippen LogP contribution in [0.4, 0.5) is 0 Å². The second-order valence-electron chi connectivity index (χ2n) is 3.22. The quantitative estimate of drug-likeness (QED) is 0.623. The van der Waals surface area contributed by atoms with Crippen molar-refractivity contribution in [2.24, 2.45) is 0 Å². The fourth-order valence-electron chi connectivity index (χ4n) is 1.26. The lowest BCUT2D eigenvalue weighted by Crippen LogP contribution is -2.38. The van der Waals surface area contributed by atoms with Gasteiger partial charge in [0.25, 0.3) is 0 Å². The summed E-state index contributed by atoms with van der Waals surface area (Å²) in [6, 6.07) is 1.83. The Morgan fingerprint density at radius 1 is 1.53 bits per heavy atom. The molecule has 0 aromatic rings. The molecule has 0 radical (unpaired) electrons. The molecule has 0 aliphatic carbocycles. The van der Waals surface area contributed by atoms with Crippen molar-refractivity contribution in [1.82, 2.24) is 4.31 Å². The van der Waals surface area contributed by atoms with Gasteiger partial charge in [-0.25, -0.2) is 8.42 Å². The third-order valence-corrected chi connectivity index (χ3v) is 4.25. The highest BCUT2D eigenvalue weighted by Crippen LogP contribution is 2.12. The Bertz CT molecular complexity index is 330. The van der Waals surface area contributed by atoms with Crippen molar-refractivity contribution >= 4 is 10.0 Å². The second kappa shape index (κ2) is 6.59. The van der Waals surface area contributed by atoms with E-state index in [9.17, 15) is 8.42 Å². The lowest BCUT2D eigenvalue weighted by atomic mass is 10.4. The molecule has 0 aliphatic rings. The van der Waals surface area contributed by atoms with Gasteiger partial charge in [-0.05, 0) is 12.8 Å². The predicted octanol–water partition coefficient (Wildman–Crippen LogP) is 1.52. The Hall–Kier alpha value is -0.860. The monoisotopic (exact) mass is 230 g/mol. The lowest BCUT2D eigenvalue weighted by molar-refractivity contribution is 0.436. The predicted molar refractivity (Wildman–Crippen MR) is 60.7 cm³/mol. The molecule has 0 N–H and O–H groups in total. The summed E-state index contributed by atoms with van der Waals surface area (Å²) in [4.78, 5) is 0. The van der Waals surface area contributed by atoms with Crippen LogP contribution in [0.15, 0.2) is 12.7 Å². The van der Waals surface area contributed by atoms with Crippen molar-refractivity contribution in [2.75, 3.05) is 13.1 Å². The first-order valence-corrected chi connectivity index (χ1v) is 6.54. The number of nitrogens with zero attached hydrogens (tertiary/aromatic N) is 2. The van der Waals surface area contributed by atoms with Crippen molar-refractivity contribution in [3.63, 3.8) is 0 Å². The highest BCUT2D eigenvalue weighted by molar-refractivity contribution is 7.90. The Morgan fingerprint density at radius 3 is 2.47 bits per heavy atom. The molecule has 0 spiro atoms. The van der Waals surface area contributed by atoms with Crippen molar-refractivity contribution in [1.29, 1.82) is 5.26 Å². The van der Waals surface area contributed by atoms with E-state index >= 15 is 0 Å². The zero-order valence-electron chi connectivity index (χ0n) is 9.31. The van der Waals surface area contributed by atoms with Crippen LogP contribution in [-0.4, -0.2) is 31.1 Å². The van der Waals surface area contributed by atoms with E-state index in [1.807, 2.05) is 13.0 Å².